The molecule has 0 saturated carbocycles. The predicted molar refractivity (Wildman–Crippen MR) is 315 cm³/mol. The SMILES string of the molecule is CCCCCCCCC(=O)CC(CCCCN)C(=O)NCCCCCCCC(=O)CC(CCCCN)C(=O)NCCCCCCCC(=O)CC(CCCCN)C(=O)NCCCCCCCC(=O)CC(CCCCN)C(C)=O. The van der Waals surface area contributed by atoms with Gasteiger partial charge < -0.3 is 38.9 Å². The van der Waals surface area contributed by atoms with Crippen LogP contribution in [0.2, 0.25) is 0 Å². The van der Waals surface area contributed by atoms with Gasteiger partial charge in [0.05, 0.1) is 0 Å². The van der Waals surface area contributed by atoms with Gasteiger partial charge in [0, 0.05) is 94.7 Å². The van der Waals surface area contributed by atoms with Gasteiger partial charge in [0.25, 0.3) is 0 Å². The summed E-state index contributed by atoms with van der Waals surface area (Å²) in [6, 6.07) is 0. The summed E-state index contributed by atoms with van der Waals surface area (Å²) in [7, 11) is 0. The van der Waals surface area contributed by atoms with Crippen molar-refractivity contribution in [2.24, 2.45) is 46.6 Å². The van der Waals surface area contributed by atoms with Gasteiger partial charge in [0.15, 0.2) is 0 Å². The van der Waals surface area contributed by atoms with Gasteiger partial charge in [-0.3, -0.25) is 38.4 Å². The fourth-order valence-corrected chi connectivity index (χ4v) is 10.2. The van der Waals surface area contributed by atoms with Crippen LogP contribution in [0.15, 0.2) is 0 Å². The van der Waals surface area contributed by atoms with E-state index in [0.29, 0.717) is 104 Å². The second kappa shape index (κ2) is 53.3. The Balaban J connectivity index is 4.47. The van der Waals surface area contributed by atoms with Crippen LogP contribution in [0.4, 0.5) is 0 Å². The Labute approximate surface area is 468 Å². The van der Waals surface area contributed by atoms with E-state index < -0.39 is 0 Å². The van der Waals surface area contributed by atoms with E-state index in [4.69, 9.17) is 22.9 Å². The Kier molecular flexibility index (Phi) is 50.9. The first-order chi connectivity index (χ1) is 37.3. The molecule has 0 aromatic heterocycles. The molecule has 0 fully saturated rings. The fourth-order valence-electron chi connectivity index (χ4n) is 10.2. The minimum absolute atomic E-state index is 0.0261. The Morgan fingerprint density at radius 1 is 0.299 bits per heavy atom. The van der Waals surface area contributed by atoms with Gasteiger partial charge in [-0.05, 0) is 129 Å². The molecule has 0 aliphatic carbocycles. The molecule has 15 heteroatoms. The molecule has 3 amide bonds. The monoisotopic (exact) mass is 1090 g/mol. The van der Waals surface area contributed by atoms with Gasteiger partial charge in [-0.25, -0.2) is 0 Å². The lowest BCUT2D eigenvalue weighted by molar-refractivity contribution is -0.129. The maximum Gasteiger partial charge on any atom is 0.223 e. The smallest absolute Gasteiger partial charge is 0.223 e. The first kappa shape index (κ1) is 73.6. The van der Waals surface area contributed by atoms with Crippen LogP contribution >= 0.6 is 0 Å². The van der Waals surface area contributed by atoms with Crippen molar-refractivity contribution in [3.63, 3.8) is 0 Å². The molecular weight excluding hydrogens is 971 g/mol. The predicted octanol–water partition coefficient (Wildman–Crippen LogP) is 10.5. The van der Waals surface area contributed by atoms with Crippen LogP contribution in [-0.4, -0.2) is 92.5 Å². The molecule has 0 aliphatic rings. The van der Waals surface area contributed by atoms with E-state index >= 15 is 0 Å². The van der Waals surface area contributed by atoms with Crippen LogP contribution in [0.25, 0.3) is 0 Å². The maximum atomic E-state index is 13.2. The lowest BCUT2D eigenvalue weighted by Gasteiger charge is -2.17. The number of nitrogens with one attached hydrogen (secondary N) is 3. The van der Waals surface area contributed by atoms with Crippen molar-refractivity contribution < 1.29 is 38.4 Å². The van der Waals surface area contributed by atoms with Crippen LogP contribution in [0.3, 0.4) is 0 Å². The molecule has 0 aliphatic heterocycles. The van der Waals surface area contributed by atoms with Gasteiger partial charge in [-0.2, -0.15) is 0 Å². The van der Waals surface area contributed by atoms with E-state index in [9.17, 15) is 38.4 Å². The molecule has 0 radical (unpaired) electrons. The van der Waals surface area contributed by atoms with Crippen LogP contribution in [-0.2, 0) is 38.4 Å². The summed E-state index contributed by atoms with van der Waals surface area (Å²) in [5.41, 5.74) is 22.7. The Morgan fingerprint density at radius 3 is 0.792 bits per heavy atom. The molecule has 0 saturated heterocycles. The number of carbonyl (C=O) groups excluding carboxylic acids is 8. The van der Waals surface area contributed by atoms with E-state index in [2.05, 4.69) is 22.9 Å². The standard InChI is InChI=1S/C62H117N7O8/c1-3-4-5-6-10-17-37-57(72)48-53(33-22-26-41-64)60(75)68-45-30-15-8-12-19-39-59(74)50-55(35-24-28-43-66)62(77)69-46-31-16-9-13-20-38-58(73)49-54(34-23-27-42-65)61(76)67-44-29-14-7-11-18-36-56(71)47-52(51(2)70)32-21-25-40-63/h52-55H,3-50,63-66H2,1-2H3,(H,67,76)(H,68,75)(H,69,77). The molecule has 0 aromatic carbocycles. The highest BCUT2D eigenvalue weighted by molar-refractivity contribution is 5.88. The molecule has 0 aromatic rings. The number of unbranched alkanes of at least 4 members (excludes halogenated alkanes) is 21. The average Bonchev–Trinajstić information content (AvgIpc) is 3.40. The zero-order valence-electron chi connectivity index (χ0n) is 49.3. The number of Topliss-reactive ketones (excluding diaryl/α,β-unsaturated/α-hetero) is 5. The van der Waals surface area contributed by atoms with Crippen molar-refractivity contribution in [1.82, 2.24) is 16.0 Å². The lowest BCUT2D eigenvalue weighted by atomic mass is 9.91. The van der Waals surface area contributed by atoms with E-state index in [1.807, 2.05) is 0 Å². The third-order valence-electron chi connectivity index (χ3n) is 15.2. The summed E-state index contributed by atoms with van der Waals surface area (Å²) < 4.78 is 0. The third-order valence-corrected chi connectivity index (χ3v) is 15.2. The first-order valence-corrected chi connectivity index (χ1v) is 31.5. The maximum absolute atomic E-state index is 13.2. The number of ketones is 5. The largest absolute Gasteiger partial charge is 0.356 e. The summed E-state index contributed by atoms with van der Waals surface area (Å²) in [6.45, 7) is 7.74. The highest BCUT2D eigenvalue weighted by Crippen LogP contribution is 2.21. The molecule has 0 heterocycles. The number of nitrogens with two attached hydrogens (primary N) is 4. The number of rotatable bonds is 59. The Hall–Kier alpha value is -3.40. The van der Waals surface area contributed by atoms with Gasteiger partial charge in [-0.15, -0.1) is 0 Å². The number of hydrogen-bond donors (Lipinski definition) is 7. The van der Waals surface area contributed by atoms with Gasteiger partial charge in [-0.1, -0.05) is 122 Å². The minimum atomic E-state index is -0.355. The molecule has 4 atom stereocenters. The summed E-state index contributed by atoms with van der Waals surface area (Å²) >= 11 is 0. The molecular formula is C62H117N7O8. The zero-order valence-corrected chi connectivity index (χ0v) is 49.3. The molecule has 15 nitrogen and oxygen atoms in total. The summed E-state index contributed by atoms with van der Waals surface area (Å²) in [6.07, 6.45) is 32.6. The van der Waals surface area contributed by atoms with E-state index in [-0.39, 0.29) is 83.2 Å². The van der Waals surface area contributed by atoms with Crippen LogP contribution in [0.1, 0.15) is 277 Å². The van der Waals surface area contributed by atoms with Gasteiger partial charge >= 0.3 is 0 Å². The van der Waals surface area contributed by atoms with E-state index in [0.717, 1.165) is 167 Å². The Morgan fingerprint density at radius 2 is 0.532 bits per heavy atom. The normalized spacial score (nSPS) is 12.9. The van der Waals surface area contributed by atoms with Crippen LogP contribution in [0.5, 0.6) is 0 Å². The molecule has 0 bridgehead atoms. The zero-order chi connectivity index (χ0) is 57.0. The van der Waals surface area contributed by atoms with Gasteiger partial charge in [0.1, 0.15) is 28.9 Å². The quantitative estimate of drug-likeness (QED) is 0.0280. The molecule has 4 unspecified atom stereocenters. The number of hydrogen-bond acceptors (Lipinski definition) is 12. The number of amides is 3. The van der Waals surface area contributed by atoms with Crippen molar-refractivity contribution in [3.8, 4) is 0 Å². The highest BCUT2D eigenvalue weighted by atomic mass is 16.2. The van der Waals surface area contributed by atoms with Crippen molar-refractivity contribution in [2.45, 2.75) is 277 Å². The van der Waals surface area contributed by atoms with Crippen LogP contribution < -0.4 is 38.9 Å². The second-order valence-corrected chi connectivity index (χ2v) is 22.5. The average molecular weight is 1090 g/mol. The van der Waals surface area contributed by atoms with Crippen molar-refractivity contribution in [3.05, 3.63) is 0 Å². The molecule has 77 heavy (non-hydrogen) atoms. The first-order valence-electron chi connectivity index (χ1n) is 31.5. The summed E-state index contributed by atoms with van der Waals surface area (Å²) in [4.78, 5) is 103. The molecule has 11 N–H and O–H groups in total. The molecule has 0 rings (SSSR count). The van der Waals surface area contributed by atoms with Crippen molar-refractivity contribution >= 4 is 46.6 Å². The second-order valence-electron chi connectivity index (χ2n) is 22.5. The Bertz CT molecular complexity index is 1550. The van der Waals surface area contributed by atoms with E-state index in [1.165, 1.54) is 25.7 Å². The third kappa shape index (κ3) is 45.1. The van der Waals surface area contributed by atoms with Gasteiger partial charge in [0.2, 0.25) is 17.7 Å². The van der Waals surface area contributed by atoms with Crippen LogP contribution in [0, 0.1) is 23.7 Å². The molecule has 448 valence electrons. The van der Waals surface area contributed by atoms with Crippen molar-refractivity contribution in [1.29, 1.82) is 0 Å². The summed E-state index contributed by atoms with van der Waals surface area (Å²) in [5.74, 6) is -0.691. The van der Waals surface area contributed by atoms with E-state index in [1.54, 1.807) is 6.92 Å². The van der Waals surface area contributed by atoms with Crippen molar-refractivity contribution in [2.75, 3.05) is 45.8 Å². The minimum Gasteiger partial charge on any atom is -0.356 e. The highest BCUT2D eigenvalue weighted by Gasteiger charge is 2.24. The topological polar surface area (TPSA) is 277 Å². The number of carbonyl (C=O) groups is 8. The fraction of sp³-hybridized carbons (Fsp3) is 0.871. The lowest BCUT2D eigenvalue weighted by Crippen LogP contribution is -2.33. The molecule has 0 spiro atoms. The summed E-state index contributed by atoms with van der Waals surface area (Å²) in [5, 5.41) is 9.21.